The van der Waals surface area contributed by atoms with Crippen LogP contribution in [-0.4, -0.2) is 60.3 Å². The van der Waals surface area contributed by atoms with Crippen molar-refractivity contribution in [3.05, 3.63) is 42.2 Å². The Kier molecular flexibility index (Phi) is 8.13. The number of carbonyl (C=O) groups excluding carboxylic acids is 1. The second kappa shape index (κ2) is 11.0. The lowest BCUT2D eigenvalue weighted by atomic mass is 9.96. The Hall–Kier alpha value is -2.54. The Morgan fingerprint density at radius 1 is 1.10 bits per heavy atom. The van der Waals surface area contributed by atoms with Crippen LogP contribution >= 0.6 is 0 Å². The van der Waals surface area contributed by atoms with Crippen molar-refractivity contribution in [3.8, 4) is 11.3 Å². The molecular weight excluding hydrogens is 381 g/mol. The fourth-order valence-corrected chi connectivity index (χ4v) is 3.84. The van der Waals surface area contributed by atoms with Gasteiger partial charge in [-0.25, -0.2) is 4.39 Å². The lowest BCUT2D eigenvalue weighted by molar-refractivity contribution is -0.125. The molecule has 0 saturated carbocycles. The number of anilines is 1. The van der Waals surface area contributed by atoms with Crippen molar-refractivity contribution < 1.29 is 9.18 Å². The number of rotatable bonds is 9. The molecule has 1 aromatic carbocycles. The molecule has 0 atom stereocenters. The molecule has 1 aliphatic heterocycles. The van der Waals surface area contributed by atoms with Gasteiger partial charge in [0, 0.05) is 31.1 Å². The molecule has 30 heavy (non-hydrogen) atoms. The molecule has 0 spiro atoms. The first kappa shape index (κ1) is 22.2. The van der Waals surface area contributed by atoms with E-state index < -0.39 is 0 Å². The second-order valence-electron chi connectivity index (χ2n) is 7.72. The third-order valence-corrected chi connectivity index (χ3v) is 5.82. The maximum Gasteiger partial charge on any atom is 0.223 e. The van der Waals surface area contributed by atoms with Gasteiger partial charge in [-0.3, -0.25) is 4.79 Å². The molecule has 0 aliphatic carbocycles. The number of piperidine rings is 1. The summed E-state index contributed by atoms with van der Waals surface area (Å²) in [6.45, 7) is 9.79. The smallest absolute Gasteiger partial charge is 0.223 e. The number of nitrogens with one attached hydrogen (secondary N) is 1. The summed E-state index contributed by atoms with van der Waals surface area (Å²) in [4.78, 5) is 17.0. The molecule has 7 heteroatoms. The van der Waals surface area contributed by atoms with Crippen LogP contribution in [0.4, 0.5) is 10.2 Å². The van der Waals surface area contributed by atoms with Gasteiger partial charge in [-0.15, -0.1) is 10.2 Å². The van der Waals surface area contributed by atoms with Gasteiger partial charge in [-0.1, -0.05) is 13.8 Å². The molecule has 1 aliphatic rings. The zero-order chi connectivity index (χ0) is 21.3. The van der Waals surface area contributed by atoms with E-state index in [1.54, 1.807) is 12.1 Å². The molecule has 2 heterocycles. The molecule has 1 saturated heterocycles. The van der Waals surface area contributed by atoms with E-state index in [-0.39, 0.29) is 17.6 Å². The first-order chi connectivity index (χ1) is 14.6. The summed E-state index contributed by atoms with van der Waals surface area (Å²) in [6.07, 6.45) is 2.63. The highest BCUT2D eigenvalue weighted by Crippen LogP contribution is 2.23. The summed E-state index contributed by atoms with van der Waals surface area (Å²) in [5.74, 6) is 0.797. The Labute approximate surface area is 178 Å². The first-order valence-corrected chi connectivity index (χ1v) is 11.0. The minimum absolute atomic E-state index is 0.0705. The highest BCUT2D eigenvalue weighted by molar-refractivity contribution is 5.78. The number of halogens is 1. The third kappa shape index (κ3) is 5.98. The van der Waals surface area contributed by atoms with E-state index in [0.717, 1.165) is 75.6 Å². The number of benzene rings is 1. The van der Waals surface area contributed by atoms with E-state index in [9.17, 15) is 9.18 Å². The van der Waals surface area contributed by atoms with Crippen molar-refractivity contribution in [3.63, 3.8) is 0 Å². The average Bonchev–Trinajstić information content (AvgIpc) is 2.80. The van der Waals surface area contributed by atoms with Crippen LogP contribution < -0.4 is 10.2 Å². The van der Waals surface area contributed by atoms with Gasteiger partial charge in [-0.05, 0) is 75.3 Å². The van der Waals surface area contributed by atoms with Crippen LogP contribution in [0.1, 0.15) is 33.1 Å². The zero-order valence-electron chi connectivity index (χ0n) is 18.0. The van der Waals surface area contributed by atoms with Crippen LogP contribution in [0, 0.1) is 11.7 Å². The van der Waals surface area contributed by atoms with Crippen molar-refractivity contribution in [1.29, 1.82) is 0 Å². The number of nitrogens with zero attached hydrogens (tertiary/aromatic N) is 4. The Bertz CT molecular complexity index is 784. The SMILES string of the molecule is CCN(CC)CCCNC(=O)C1CCN(c2ccc(-c3ccc(F)cc3)nn2)CC1. The number of carbonyl (C=O) groups is 1. The van der Waals surface area contributed by atoms with E-state index in [1.165, 1.54) is 12.1 Å². The molecular formula is C23H32FN5O. The number of hydrogen-bond acceptors (Lipinski definition) is 5. The zero-order valence-corrected chi connectivity index (χ0v) is 18.0. The van der Waals surface area contributed by atoms with Gasteiger partial charge in [0.05, 0.1) is 5.69 Å². The monoisotopic (exact) mass is 413 g/mol. The van der Waals surface area contributed by atoms with E-state index in [1.807, 2.05) is 12.1 Å². The minimum atomic E-state index is -0.265. The van der Waals surface area contributed by atoms with Crippen LogP contribution in [0.3, 0.4) is 0 Å². The van der Waals surface area contributed by atoms with E-state index >= 15 is 0 Å². The predicted octanol–water partition coefficient (Wildman–Crippen LogP) is 3.35. The van der Waals surface area contributed by atoms with Gasteiger partial charge in [0.1, 0.15) is 5.82 Å². The maximum atomic E-state index is 13.1. The van der Waals surface area contributed by atoms with E-state index in [0.29, 0.717) is 0 Å². The summed E-state index contributed by atoms with van der Waals surface area (Å²) >= 11 is 0. The largest absolute Gasteiger partial charge is 0.356 e. The van der Waals surface area contributed by atoms with Gasteiger partial charge in [0.2, 0.25) is 5.91 Å². The van der Waals surface area contributed by atoms with Crippen LogP contribution in [-0.2, 0) is 4.79 Å². The van der Waals surface area contributed by atoms with Crippen molar-refractivity contribution in [2.75, 3.05) is 44.2 Å². The van der Waals surface area contributed by atoms with E-state index in [2.05, 4.69) is 39.2 Å². The van der Waals surface area contributed by atoms with Gasteiger partial charge < -0.3 is 15.1 Å². The highest BCUT2D eigenvalue weighted by atomic mass is 19.1. The minimum Gasteiger partial charge on any atom is -0.356 e. The maximum absolute atomic E-state index is 13.1. The molecule has 1 fully saturated rings. The van der Waals surface area contributed by atoms with Gasteiger partial charge in [-0.2, -0.15) is 0 Å². The summed E-state index contributed by atoms with van der Waals surface area (Å²) in [7, 11) is 0. The predicted molar refractivity (Wildman–Crippen MR) is 118 cm³/mol. The number of aromatic nitrogens is 2. The van der Waals surface area contributed by atoms with Crippen molar-refractivity contribution in [2.45, 2.75) is 33.1 Å². The molecule has 0 radical (unpaired) electrons. The molecule has 6 nitrogen and oxygen atoms in total. The highest BCUT2D eigenvalue weighted by Gasteiger charge is 2.25. The Morgan fingerprint density at radius 3 is 2.40 bits per heavy atom. The summed E-state index contributed by atoms with van der Waals surface area (Å²) < 4.78 is 13.1. The summed E-state index contributed by atoms with van der Waals surface area (Å²) in [5, 5.41) is 11.7. The van der Waals surface area contributed by atoms with Crippen LogP contribution in [0.15, 0.2) is 36.4 Å². The number of amides is 1. The van der Waals surface area contributed by atoms with Crippen LogP contribution in [0.25, 0.3) is 11.3 Å². The third-order valence-electron chi connectivity index (χ3n) is 5.82. The summed E-state index contributed by atoms with van der Waals surface area (Å²) in [5.41, 5.74) is 1.56. The molecule has 1 N–H and O–H groups in total. The fourth-order valence-electron chi connectivity index (χ4n) is 3.84. The molecule has 0 bridgehead atoms. The van der Waals surface area contributed by atoms with Gasteiger partial charge >= 0.3 is 0 Å². The molecule has 2 aromatic rings. The Balaban J connectivity index is 1.43. The number of hydrogen-bond donors (Lipinski definition) is 1. The Morgan fingerprint density at radius 2 is 1.80 bits per heavy atom. The van der Waals surface area contributed by atoms with Gasteiger partial charge in [0.25, 0.3) is 0 Å². The standard InChI is InChI=1S/C23H32FN5O/c1-3-28(4-2)15-5-14-25-23(30)19-12-16-29(17-13-19)22-11-10-21(26-27-22)18-6-8-20(24)9-7-18/h6-11,19H,3-5,12-17H2,1-2H3,(H,25,30). The lowest BCUT2D eigenvalue weighted by Gasteiger charge is -2.31. The molecule has 162 valence electrons. The van der Waals surface area contributed by atoms with E-state index in [4.69, 9.17) is 0 Å². The second-order valence-corrected chi connectivity index (χ2v) is 7.72. The normalized spacial score (nSPS) is 14.9. The van der Waals surface area contributed by atoms with Crippen molar-refractivity contribution in [1.82, 2.24) is 20.4 Å². The molecule has 3 rings (SSSR count). The quantitative estimate of drug-likeness (QED) is 0.639. The summed E-state index contributed by atoms with van der Waals surface area (Å²) in [6, 6.07) is 10.1. The molecule has 1 amide bonds. The molecule has 0 unspecified atom stereocenters. The molecule has 1 aromatic heterocycles. The first-order valence-electron chi connectivity index (χ1n) is 11.0. The van der Waals surface area contributed by atoms with Crippen LogP contribution in [0.2, 0.25) is 0 Å². The fraction of sp³-hybridized carbons (Fsp3) is 0.522. The topological polar surface area (TPSA) is 61.4 Å². The van der Waals surface area contributed by atoms with Gasteiger partial charge in [0.15, 0.2) is 5.82 Å². The van der Waals surface area contributed by atoms with Crippen LogP contribution in [0.5, 0.6) is 0 Å². The van der Waals surface area contributed by atoms with Crippen molar-refractivity contribution >= 4 is 11.7 Å². The van der Waals surface area contributed by atoms with Crippen molar-refractivity contribution in [2.24, 2.45) is 5.92 Å². The average molecular weight is 414 g/mol. The lowest BCUT2D eigenvalue weighted by Crippen LogP contribution is -2.41.